The molecule has 0 aliphatic carbocycles. The summed E-state index contributed by atoms with van der Waals surface area (Å²) in [5.74, 6) is -6.34. The van der Waals surface area contributed by atoms with Crippen LogP contribution in [0.3, 0.4) is 0 Å². The van der Waals surface area contributed by atoms with Gasteiger partial charge in [-0.1, -0.05) is 0 Å². The molecule has 1 N–H and O–H groups in total. The SMILES string of the molecule is C[C@@H](F)COc1ccc(C(=O)N2CCC(F)(F)/C(=C\C(=O)O)c3cc(F)ccc32)cc1. The Morgan fingerprint density at radius 2 is 1.90 bits per heavy atom. The molecule has 1 aliphatic rings. The van der Waals surface area contributed by atoms with Crippen LogP contribution in [-0.4, -0.2) is 42.2 Å². The number of halogens is 4. The number of allylic oxidation sites excluding steroid dienone is 1. The monoisotopic (exact) mass is 437 g/mol. The Morgan fingerprint density at radius 1 is 1.23 bits per heavy atom. The number of carbonyl (C=O) groups excluding carboxylic acids is 1. The third-order valence-electron chi connectivity index (χ3n) is 4.68. The lowest BCUT2D eigenvalue weighted by Crippen LogP contribution is -2.33. The second-order valence-electron chi connectivity index (χ2n) is 7.09. The summed E-state index contributed by atoms with van der Waals surface area (Å²) >= 11 is 0. The van der Waals surface area contributed by atoms with Crippen molar-refractivity contribution in [2.75, 3.05) is 18.1 Å². The Hall–Kier alpha value is -3.36. The lowest BCUT2D eigenvalue weighted by molar-refractivity contribution is -0.131. The van der Waals surface area contributed by atoms with Crippen molar-refractivity contribution in [1.82, 2.24) is 0 Å². The molecule has 1 amide bonds. The molecule has 164 valence electrons. The number of fused-ring (bicyclic) bond motifs is 1. The van der Waals surface area contributed by atoms with Gasteiger partial charge in [0.2, 0.25) is 0 Å². The standard InChI is InChI=1S/C22H19F4NO4/c1-13(23)12-31-16-5-2-14(3-6-16)21(30)27-9-8-22(25,26)18(11-20(28)29)17-10-15(24)4-7-19(17)27/h2-7,10-11,13H,8-9,12H2,1H3,(H,28,29)/b18-11-/t13-/m1/s1. The van der Waals surface area contributed by atoms with Crippen LogP contribution in [0.25, 0.3) is 5.57 Å². The van der Waals surface area contributed by atoms with E-state index in [1.165, 1.54) is 37.3 Å². The highest BCUT2D eigenvalue weighted by Crippen LogP contribution is 2.43. The van der Waals surface area contributed by atoms with Crippen molar-refractivity contribution in [3.63, 3.8) is 0 Å². The highest BCUT2D eigenvalue weighted by atomic mass is 19.3. The van der Waals surface area contributed by atoms with Crippen molar-refractivity contribution in [2.45, 2.75) is 25.4 Å². The van der Waals surface area contributed by atoms with Crippen molar-refractivity contribution in [3.05, 3.63) is 65.5 Å². The topological polar surface area (TPSA) is 66.8 Å². The van der Waals surface area contributed by atoms with Gasteiger partial charge < -0.3 is 14.7 Å². The van der Waals surface area contributed by atoms with E-state index in [4.69, 9.17) is 9.84 Å². The normalized spacial score (nSPS) is 17.6. The van der Waals surface area contributed by atoms with E-state index in [1.54, 1.807) is 0 Å². The van der Waals surface area contributed by atoms with Gasteiger partial charge in [-0.2, -0.15) is 0 Å². The average molecular weight is 437 g/mol. The van der Waals surface area contributed by atoms with Crippen LogP contribution in [-0.2, 0) is 4.79 Å². The molecule has 31 heavy (non-hydrogen) atoms. The van der Waals surface area contributed by atoms with Gasteiger partial charge in [-0.05, 0) is 49.4 Å². The second kappa shape index (κ2) is 8.79. The first-order valence-electron chi connectivity index (χ1n) is 9.40. The number of hydrogen-bond acceptors (Lipinski definition) is 3. The largest absolute Gasteiger partial charge is 0.491 e. The number of carbonyl (C=O) groups is 2. The number of aliphatic carboxylic acids is 1. The number of amides is 1. The third kappa shape index (κ3) is 5.04. The maximum absolute atomic E-state index is 14.7. The third-order valence-corrected chi connectivity index (χ3v) is 4.68. The van der Waals surface area contributed by atoms with Crippen LogP contribution in [0.1, 0.15) is 29.3 Å². The van der Waals surface area contributed by atoms with Gasteiger partial charge in [-0.15, -0.1) is 0 Å². The molecule has 1 heterocycles. The molecule has 9 heteroatoms. The van der Waals surface area contributed by atoms with E-state index in [2.05, 4.69) is 0 Å². The van der Waals surface area contributed by atoms with Crippen molar-refractivity contribution in [2.24, 2.45) is 0 Å². The van der Waals surface area contributed by atoms with Gasteiger partial charge >= 0.3 is 5.97 Å². The number of carboxylic acid groups (broad SMARTS) is 1. The fourth-order valence-corrected chi connectivity index (χ4v) is 3.24. The first kappa shape index (κ1) is 22.3. The lowest BCUT2D eigenvalue weighted by Gasteiger charge is -2.23. The minimum atomic E-state index is -3.59. The summed E-state index contributed by atoms with van der Waals surface area (Å²) in [4.78, 5) is 25.2. The molecule has 1 atom stereocenters. The highest BCUT2D eigenvalue weighted by Gasteiger charge is 2.41. The van der Waals surface area contributed by atoms with Gasteiger partial charge in [0.1, 0.15) is 24.3 Å². The molecule has 1 aliphatic heterocycles. The summed E-state index contributed by atoms with van der Waals surface area (Å²) in [6, 6.07) is 8.67. The molecule has 0 aromatic heterocycles. The molecule has 2 aromatic carbocycles. The van der Waals surface area contributed by atoms with Gasteiger partial charge in [-0.25, -0.2) is 22.4 Å². The van der Waals surface area contributed by atoms with E-state index < -0.39 is 48.3 Å². The first-order chi connectivity index (χ1) is 14.6. The molecule has 3 rings (SSSR count). The van der Waals surface area contributed by atoms with Crippen LogP contribution >= 0.6 is 0 Å². The Bertz CT molecular complexity index is 1020. The van der Waals surface area contributed by atoms with Gasteiger partial charge in [0.05, 0.1) is 5.69 Å². The molecule has 0 radical (unpaired) electrons. The Morgan fingerprint density at radius 3 is 2.52 bits per heavy atom. The van der Waals surface area contributed by atoms with Crippen LogP contribution in [0.2, 0.25) is 0 Å². The number of hydrogen-bond donors (Lipinski definition) is 1. The minimum Gasteiger partial charge on any atom is -0.491 e. The fourth-order valence-electron chi connectivity index (χ4n) is 3.24. The Kier molecular flexibility index (Phi) is 6.33. The predicted molar refractivity (Wildman–Crippen MR) is 106 cm³/mol. The maximum atomic E-state index is 14.7. The zero-order chi connectivity index (χ0) is 22.8. The quantitative estimate of drug-likeness (QED) is 0.543. The zero-order valence-corrected chi connectivity index (χ0v) is 16.4. The maximum Gasteiger partial charge on any atom is 0.328 e. The summed E-state index contributed by atoms with van der Waals surface area (Å²) in [5.41, 5.74) is -1.11. The number of rotatable bonds is 5. The van der Waals surface area contributed by atoms with Crippen LogP contribution in [0.5, 0.6) is 5.75 Å². The van der Waals surface area contributed by atoms with E-state index >= 15 is 0 Å². The molecule has 0 unspecified atom stereocenters. The van der Waals surface area contributed by atoms with E-state index in [0.717, 1.165) is 17.0 Å². The summed E-state index contributed by atoms with van der Waals surface area (Å²) in [6.45, 7) is 0.755. The summed E-state index contributed by atoms with van der Waals surface area (Å²) in [5, 5.41) is 9.02. The van der Waals surface area contributed by atoms with Crippen molar-refractivity contribution in [3.8, 4) is 5.75 Å². The van der Waals surface area contributed by atoms with Crippen molar-refractivity contribution < 1.29 is 37.0 Å². The average Bonchev–Trinajstić information content (AvgIpc) is 2.81. The van der Waals surface area contributed by atoms with Gasteiger partial charge in [0.25, 0.3) is 11.8 Å². The molecule has 2 aromatic rings. The Balaban J connectivity index is 2.00. The van der Waals surface area contributed by atoms with Crippen LogP contribution in [0.4, 0.5) is 23.2 Å². The van der Waals surface area contributed by atoms with Gasteiger partial charge in [-0.3, -0.25) is 4.79 Å². The van der Waals surface area contributed by atoms with Crippen LogP contribution in [0, 0.1) is 5.82 Å². The summed E-state index contributed by atoms with van der Waals surface area (Å²) < 4.78 is 61.4. The summed E-state index contributed by atoms with van der Waals surface area (Å²) in [6.07, 6.45) is -1.68. The lowest BCUT2D eigenvalue weighted by atomic mass is 9.97. The summed E-state index contributed by atoms with van der Waals surface area (Å²) in [7, 11) is 0. The molecule has 0 bridgehead atoms. The Labute approximate surface area is 175 Å². The van der Waals surface area contributed by atoms with Gasteiger partial charge in [0.15, 0.2) is 0 Å². The molecular weight excluding hydrogens is 418 g/mol. The molecule has 0 saturated carbocycles. The second-order valence-corrected chi connectivity index (χ2v) is 7.09. The van der Waals surface area contributed by atoms with E-state index in [9.17, 15) is 27.2 Å². The van der Waals surface area contributed by atoms with Crippen LogP contribution in [0.15, 0.2) is 48.5 Å². The van der Waals surface area contributed by atoms with E-state index in [-0.39, 0.29) is 23.4 Å². The number of carboxylic acids is 1. The smallest absolute Gasteiger partial charge is 0.328 e. The number of anilines is 1. The molecule has 0 spiro atoms. The minimum absolute atomic E-state index is 0.0253. The van der Waals surface area contributed by atoms with Crippen molar-refractivity contribution >= 4 is 23.1 Å². The van der Waals surface area contributed by atoms with Crippen LogP contribution < -0.4 is 9.64 Å². The molecule has 0 fully saturated rings. The van der Waals surface area contributed by atoms with Gasteiger partial charge in [0, 0.05) is 35.7 Å². The molecular formula is C22H19F4NO4. The first-order valence-corrected chi connectivity index (χ1v) is 9.40. The fraction of sp³-hybridized carbons (Fsp3) is 0.273. The van der Waals surface area contributed by atoms with E-state index in [0.29, 0.717) is 11.8 Å². The molecule has 0 saturated heterocycles. The zero-order valence-electron chi connectivity index (χ0n) is 16.4. The number of benzene rings is 2. The predicted octanol–water partition coefficient (Wildman–Crippen LogP) is 4.72. The number of alkyl halides is 3. The van der Waals surface area contributed by atoms with E-state index in [1.807, 2.05) is 0 Å². The van der Waals surface area contributed by atoms with Crippen molar-refractivity contribution in [1.29, 1.82) is 0 Å². The number of nitrogens with zero attached hydrogens (tertiary/aromatic N) is 1. The molecule has 5 nitrogen and oxygen atoms in total. The highest BCUT2D eigenvalue weighted by molar-refractivity contribution is 6.08. The number of ether oxygens (including phenoxy) is 1.